The maximum absolute atomic E-state index is 13.9. The van der Waals surface area contributed by atoms with Gasteiger partial charge < -0.3 is 14.6 Å². The van der Waals surface area contributed by atoms with Crippen molar-refractivity contribution in [3.05, 3.63) is 65.2 Å². The summed E-state index contributed by atoms with van der Waals surface area (Å²) in [5.74, 6) is -0.962. The first-order chi connectivity index (χ1) is 16.6. The molecule has 0 radical (unpaired) electrons. The topological polar surface area (TPSA) is 75.4 Å². The van der Waals surface area contributed by atoms with Crippen molar-refractivity contribution in [2.24, 2.45) is 16.7 Å². The lowest BCUT2D eigenvalue weighted by Crippen LogP contribution is -2.43. The molecule has 6 nitrogen and oxygen atoms in total. The first kappa shape index (κ1) is 23.5. The number of halogens is 1. The van der Waals surface area contributed by atoms with Gasteiger partial charge >= 0.3 is 5.97 Å². The Morgan fingerprint density at radius 3 is 2.71 bits per heavy atom. The van der Waals surface area contributed by atoms with Gasteiger partial charge in [-0.3, -0.25) is 9.59 Å². The van der Waals surface area contributed by atoms with Gasteiger partial charge in [-0.1, -0.05) is 26.0 Å². The van der Waals surface area contributed by atoms with Gasteiger partial charge in [0.05, 0.1) is 12.0 Å². The maximum Gasteiger partial charge on any atom is 0.309 e. The first-order valence-electron chi connectivity index (χ1n) is 12.3. The maximum atomic E-state index is 13.9. The first-order valence-corrected chi connectivity index (χ1v) is 12.3. The number of carboxylic acids is 1. The number of hydrogen-bond acceptors (Lipinski definition) is 3. The molecular weight excluding hydrogens is 445 g/mol. The zero-order valence-corrected chi connectivity index (χ0v) is 20.6. The Bertz CT molecular complexity index is 1310. The van der Waals surface area contributed by atoms with Crippen LogP contribution in [0.3, 0.4) is 0 Å². The van der Waals surface area contributed by atoms with Gasteiger partial charge in [0.15, 0.2) is 0 Å². The van der Waals surface area contributed by atoms with Crippen molar-refractivity contribution in [3.8, 4) is 0 Å². The Balaban J connectivity index is 1.41. The largest absolute Gasteiger partial charge is 0.481 e. The molecule has 3 aromatic rings. The fourth-order valence-electron chi connectivity index (χ4n) is 6.14. The number of carbonyl (C=O) groups is 2. The monoisotopic (exact) mass is 477 g/mol. The van der Waals surface area contributed by atoms with Gasteiger partial charge in [-0.2, -0.15) is 0 Å². The van der Waals surface area contributed by atoms with Crippen molar-refractivity contribution in [3.63, 3.8) is 0 Å². The van der Waals surface area contributed by atoms with E-state index in [1.807, 2.05) is 37.8 Å². The Morgan fingerprint density at radius 2 is 2.00 bits per heavy atom. The minimum atomic E-state index is -0.823. The molecule has 1 aromatic carbocycles. The van der Waals surface area contributed by atoms with E-state index in [9.17, 15) is 19.1 Å². The Hall–Kier alpha value is -3.22. The highest BCUT2D eigenvalue weighted by Crippen LogP contribution is 2.57. The van der Waals surface area contributed by atoms with Crippen molar-refractivity contribution in [1.29, 1.82) is 0 Å². The fourth-order valence-corrected chi connectivity index (χ4v) is 6.14. The lowest BCUT2D eigenvalue weighted by molar-refractivity contribution is -0.155. The standard InChI is InChI=1S/C28H32FN3O3/c1-27(2)19(9-11-28(27,3)26(34)35)15-24(33)31-13-10-21-22-8-5-12-30-25(22)32(23(21)17-31)16-18-6-4-7-20(29)14-18/h4-8,12,14,19H,9-11,13,15-17H2,1-3H3,(H,34,35)/t19-,28+/m1/s1. The van der Waals surface area contributed by atoms with E-state index in [4.69, 9.17) is 0 Å². The minimum absolute atomic E-state index is 0.0253. The average molecular weight is 478 g/mol. The normalized spacial score (nSPS) is 23.4. The van der Waals surface area contributed by atoms with E-state index in [-0.39, 0.29) is 17.6 Å². The van der Waals surface area contributed by atoms with Crippen LogP contribution in [-0.4, -0.2) is 38.0 Å². The Kier molecular flexibility index (Phi) is 5.69. The molecule has 7 heteroatoms. The Morgan fingerprint density at radius 1 is 1.20 bits per heavy atom. The van der Waals surface area contributed by atoms with Gasteiger partial charge in [-0.15, -0.1) is 0 Å². The summed E-state index contributed by atoms with van der Waals surface area (Å²) in [6, 6.07) is 10.6. The molecule has 184 valence electrons. The molecule has 1 saturated carbocycles. The summed E-state index contributed by atoms with van der Waals surface area (Å²) in [4.78, 5) is 32.0. The number of fused-ring (bicyclic) bond motifs is 3. The predicted octanol–water partition coefficient (Wildman–Crippen LogP) is 5.03. The molecule has 2 atom stereocenters. The summed E-state index contributed by atoms with van der Waals surface area (Å²) in [6.07, 6.45) is 4.18. The number of carbonyl (C=O) groups excluding carboxylic acids is 1. The van der Waals surface area contributed by atoms with E-state index >= 15 is 0 Å². The molecule has 0 saturated heterocycles. The van der Waals surface area contributed by atoms with Gasteiger partial charge in [0, 0.05) is 36.8 Å². The van der Waals surface area contributed by atoms with Crippen molar-refractivity contribution < 1.29 is 19.1 Å². The highest BCUT2D eigenvalue weighted by molar-refractivity contribution is 5.84. The molecule has 2 aromatic heterocycles. The lowest BCUT2D eigenvalue weighted by Gasteiger charge is -2.39. The number of nitrogens with zero attached hydrogens (tertiary/aromatic N) is 3. The van der Waals surface area contributed by atoms with E-state index < -0.39 is 16.8 Å². The highest BCUT2D eigenvalue weighted by atomic mass is 19.1. The molecular formula is C28H32FN3O3. The molecule has 1 aliphatic carbocycles. The van der Waals surface area contributed by atoms with Crippen LogP contribution in [0.1, 0.15) is 56.9 Å². The molecule has 1 aliphatic heterocycles. The quantitative estimate of drug-likeness (QED) is 0.560. The van der Waals surface area contributed by atoms with Crippen LogP contribution < -0.4 is 0 Å². The number of aliphatic carboxylic acids is 1. The molecule has 1 amide bonds. The summed E-state index contributed by atoms with van der Waals surface area (Å²) in [5.41, 5.74) is 2.66. The summed E-state index contributed by atoms with van der Waals surface area (Å²) in [6.45, 7) is 7.37. The third kappa shape index (κ3) is 3.81. The van der Waals surface area contributed by atoms with Crippen LogP contribution in [0.4, 0.5) is 4.39 Å². The lowest BCUT2D eigenvalue weighted by atomic mass is 9.65. The molecule has 2 aliphatic rings. The van der Waals surface area contributed by atoms with Crippen LogP contribution in [0, 0.1) is 22.6 Å². The second-order valence-electron chi connectivity index (χ2n) is 10.9. The van der Waals surface area contributed by atoms with Gasteiger partial charge in [0.1, 0.15) is 11.5 Å². The summed E-state index contributed by atoms with van der Waals surface area (Å²) >= 11 is 0. The zero-order chi connectivity index (χ0) is 25.0. The Labute approximate surface area is 204 Å². The molecule has 1 fully saturated rings. The number of rotatable bonds is 5. The van der Waals surface area contributed by atoms with E-state index in [0.29, 0.717) is 32.5 Å². The third-order valence-corrected chi connectivity index (χ3v) is 8.92. The molecule has 0 unspecified atom stereocenters. The number of benzene rings is 1. The smallest absolute Gasteiger partial charge is 0.309 e. The average Bonchev–Trinajstić information content (AvgIpc) is 3.26. The van der Waals surface area contributed by atoms with Crippen molar-refractivity contribution in [2.75, 3.05) is 6.54 Å². The van der Waals surface area contributed by atoms with Gasteiger partial charge in [0.2, 0.25) is 5.91 Å². The minimum Gasteiger partial charge on any atom is -0.481 e. The zero-order valence-electron chi connectivity index (χ0n) is 20.6. The number of hydrogen-bond donors (Lipinski definition) is 1. The van der Waals surface area contributed by atoms with Gasteiger partial charge in [-0.25, -0.2) is 9.37 Å². The van der Waals surface area contributed by atoms with Gasteiger partial charge in [-0.05, 0) is 72.9 Å². The fraction of sp³-hybridized carbons (Fsp3) is 0.464. The second kappa shape index (κ2) is 8.47. The predicted molar refractivity (Wildman–Crippen MR) is 131 cm³/mol. The molecule has 35 heavy (non-hydrogen) atoms. The van der Waals surface area contributed by atoms with Crippen LogP contribution in [0.5, 0.6) is 0 Å². The van der Waals surface area contributed by atoms with Crippen LogP contribution >= 0.6 is 0 Å². The van der Waals surface area contributed by atoms with E-state index in [1.54, 1.807) is 12.3 Å². The van der Waals surface area contributed by atoms with Crippen LogP contribution in [0.25, 0.3) is 11.0 Å². The molecule has 5 rings (SSSR count). The van der Waals surface area contributed by atoms with Gasteiger partial charge in [0.25, 0.3) is 0 Å². The SMILES string of the molecule is CC1(C)[C@@H](CC(=O)N2CCc3c(n(Cc4cccc(F)c4)c4ncccc34)C2)CC[C@@]1(C)C(=O)O. The van der Waals surface area contributed by atoms with Crippen molar-refractivity contribution in [1.82, 2.24) is 14.5 Å². The second-order valence-corrected chi connectivity index (χ2v) is 10.9. The van der Waals surface area contributed by atoms with E-state index in [2.05, 4.69) is 15.6 Å². The molecule has 0 bridgehead atoms. The number of pyridine rings is 1. The molecule has 0 spiro atoms. The molecule has 3 heterocycles. The van der Waals surface area contributed by atoms with Crippen molar-refractivity contribution in [2.45, 2.75) is 59.5 Å². The van der Waals surface area contributed by atoms with E-state index in [0.717, 1.165) is 35.1 Å². The van der Waals surface area contributed by atoms with Crippen molar-refractivity contribution >= 4 is 22.9 Å². The summed E-state index contributed by atoms with van der Waals surface area (Å²) < 4.78 is 16.0. The highest BCUT2D eigenvalue weighted by Gasteiger charge is 2.56. The van der Waals surface area contributed by atoms with Crippen LogP contribution in [0.15, 0.2) is 42.6 Å². The van der Waals surface area contributed by atoms with Crippen LogP contribution in [-0.2, 0) is 29.1 Å². The summed E-state index contributed by atoms with van der Waals surface area (Å²) in [7, 11) is 0. The van der Waals surface area contributed by atoms with E-state index in [1.165, 1.54) is 17.7 Å². The summed E-state index contributed by atoms with van der Waals surface area (Å²) in [5, 5.41) is 10.9. The number of amides is 1. The number of aromatic nitrogens is 2. The third-order valence-electron chi connectivity index (χ3n) is 8.92. The molecule has 1 N–H and O–H groups in total. The number of carboxylic acid groups (broad SMARTS) is 1. The van der Waals surface area contributed by atoms with Crippen LogP contribution in [0.2, 0.25) is 0 Å².